The van der Waals surface area contributed by atoms with Gasteiger partial charge in [0.25, 0.3) is 0 Å². The lowest BCUT2D eigenvalue weighted by atomic mass is 9.96. The molecule has 0 atom stereocenters. The lowest BCUT2D eigenvalue weighted by Crippen LogP contribution is -2.39. The second kappa shape index (κ2) is 14.8. The highest BCUT2D eigenvalue weighted by Gasteiger charge is 2.17. The molecular weight excluding hydrogens is 437 g/mol. The number of carboxylic acids is 1. The van der Waals surface area contributed by atoms with Crippen molar-refractivity contribution in [3.63, 3.8) is 0 Å². The number of nitrogens with one attached hydrogen (secondary N) is 2. The minimum Gasteiger partial charge on any atom is -0.478 e. The largest absolute Gasteiger partial charge is 0.478 e. The SMILES string of the molecule is CC.CF.O=C(Nc1ccc(OC(F)F)c(-c2ccc(C(=O)O)cc2)c1)NC1CCCCC1. The Morgan fingerprint density at radius 3 is 2.15 bits per heavy atom. The molecule has 33 heavy (non-hydrogen) atoms. The van der Waals surface area contributed by atoms with Gasteiger partial charge in [-0.3, -0.25) is 4.39 Å². The van der Waals surface area contributed by atoms with E-state index in [1.54, 1.807) is 0 Å². The minimum absolute atomic E-state index is 0.0682. The summed E-state index contributed by atoms with van der Waals surface area (Å²) in [6.07, 6.45) is 5.23. The molecule has 0 heterocycles. The molecular formula is C24H31F3N2O4. The quantitative estimate of drug-likeness (QED) is 0.439. The molecule has 0 spiro atoms. The van der Waals surface area contributed by atoms with E-state index < -0.39 is 12.6 Å². The zero-order valence-electron chi connectivity index (χ0n) is 19.0. The van der Waals surface area contributed by atoms with Gasteiger partial charge in [-0.25, -0.2) is 9.59 Å². The number of benzene rings is 2. The Balaban J connectivity index is 0.00000129. The molecule has 1 aliphatic rings. The summed E-state index contributed by atoms with van der Waals surface area (Å²) in [7, 11) is 0.500. The predicted octanol–water partition coefficient (Wildman–Crippen LogP) is 6.72. The first-order chi connectivity index (χ1) is 15.9. The first-order valence-electron chi connectivity index (χ1n) is 10.8. The number of carbonyl (C=O) groups excluding carboxylic acids is 1. The molecule has 0 aromatic heterocycles. The summed E-state index contributed by atoms with van der Waals surface area (Å²) in [4.78, 5) is 23.3. The van der Waals surface area contributed by atoms with Crippen LogP contribution >= 0.6 is 0 Å². The van der Waals surface area contributed by atoms with E-state index in [4.69, 9.17) is 5.11 Å². The van der Waals surface area contributed by atoms with Gasteiger partial charge < -0.3 is 20.5 Å². The van der Waals surface area contributed by atoms with E-state index in [0.717, 1.165) is 25.7 Å². The van der Waals surface area contributed by atoms with Crippen LogP contribution in [0, 0.1) is 0 Å². The lowest BCUT2D eigenvalue weighted by Gasteiger charge is -2.23. The van der Waals surface area contributed by atoms with Crippen LogP contribution in [0.2, 0.25) is 0 Å². The second-order valence-electron chi connectivity index (χ2n) is 6.91. The molecule has 0 bridgehead atoms. The van der Waals surface area contributed by atoms with Crippen LogP contribution in [-0.2, 0) is 0 Å². The standard InChI is InChI=1S/C21H22F2N2O4.C2H6.CH3F/c22-20(23)29-18-11-10-16(25-21(28)24-15-4-2-1-3-5-15)12-17(18)13-6-8-14(9-7-13)19(26)27;2*1-2/h6-12,15,20H,1-5H2,(H,26,27)(H2,24,25,28);1-2H3;1H3. The van der Waals surface area contributed by atoms with Crippen LogP contribution in [0.1, 0.15) is 56.3 Å². The first-order valence-corrected chi connectivity index (χ1v) is 10.8. The minimum atomic E-state index is -3.01. The van der Waals surface area contributed by atoms with Gasteiger partial charge in [0.15, 0.2) is 0 Å². The number of anilines is 1. The maximum Gasteiger partial charge on any atom is 0.387 e. The van der Waals surface area contributed by atoms with E-state index in [2.05, 4.69) is 15.4 Å². The Morgan fingerprint density at radius 1 is 1.00 bits per heavy atom. The Morgan fingerprint density at radius 2 is 1.61 bits per heavy atom. The van der Waals surface area contributed by atoms with Crippen molar-refractivity contribution < 1.29 is 32.6 Å². The highest BCUT2D eigenvalue weighted by molar-refractivity contribution is 5.91. The van der Waals surface area contributed by atoms with Crippen LogP contribution in [0.4, 0.5) is 23.7 Å². The summed E-state index contributed by atoms with van der Waals surface area (Å²) in [6.45, 7) is 0.987. The van der Waals surface area contributed by atoms with E-state index in [0.29, 0.717) is 24.0 Å². The number of carbonyl (C=O) groups is 2. The van der Waals surface area contributed by atoms with E-state index >= 15 is 0 Å². The fourth-order valence-corrected chi connectivity index (χ4v) is 3.42. The van der Waals surface area contributed by atoms with E-state index in [1.807, 2.05) is 13.8 Å². The van der Waals surface area contributed by atoms with Crippen molar-refractivity contribution in [3.8, 4) is 16.9 Å². The summed E-state index contributed by atoms with van der Waals surface area (Å²) >= 11 is 0. The third kappa shape index (κ3) is 9.03. The molecule has 3 rings (SSSR count). The maximum atomic E-state index is 12.8. The van der Waals surface area contributed by atoms with Crippen molar-refractivity contribution in [3.05, 3.63) is 48.0 Å². The number of alkyl halides is 3. The number of rotatable bonds is 6. The predicted molar refractivity (Wildman–Crippen MR) is 123 cm³/mol. The van der Waals surface area contributed by atoms with Crippen molar-refractivity contribution in [2.45, 2.75) is 58.6 Å². The van der Waals surface area contributed by atoms with Gasteiger partial charge in [-0.1, -0.05) is 45.2 Å². The Kier molecular flexibility index (Phi) is 12.4. The summed E-state index contributed by atoms with van der Waals surface area (Å²) in [5, 5.41) is 14.7. The smallest absolute Gasteiger partial charge is 0.387 e. The van der Waals surface area contributed by atoms with Crippen LogP contribution in [-0.4, -0.2) is 36.9 Å². The molecule has 1 saturated carbocycles. The zero-order valence-corrected chi connectivity index (χ0v) is 19.0. The molecule has 3 N–H and O–H groups in total. The number of halogens is 3. The van der Waals surface area contributed by atoms with E-state index in [-0.39, 0.29) is 23.4 Å². The number of amides is 2. The molecule has 0 unspecified atom stereocenters. The number of ether oxygens (including phenoxy) is 1. The average molecular weight is 469 g/mol. The lowest BCUT2D eigenvalue weighted by molar-refractivity contribution is -0.0494. The zero-order chi connectivity index (χ0) is 24.8. The highest BCUT2D eigenvalue weighted by Crippen LogP contribution is 2.34. The molecule has 1 aliphatic carbocycles. The fraction of sp³-hybridized carbons (Fsp3) is 0.417. The van der Waals surface area contributed by atoms with Crippen LogP contribution in [0.5, 0.6) is 5.75 Å². The average Bonchev–Trinajstić information content (AvgIpc) is 2.83. The normalized spacial score (nSPS) is 13.1. The Hall–Kier alpha value is -3.23. The summed E-state index contributed by atoms with van der Waals surface area (Å²) < 4.78 is 39.6. The summed E-state index contributed by atoms with van der Waals surface area (Å²) in [5.74, 6) is -1.16. The molecule has 0 aliphatic heterocycles. The van der Waals surface area contributed by atoms with Crippen molar-refractivity contribution in [1.82, 2.24) is 5.32 Å². The first kappa shape index (κ1) is 27.8. The van der Waals surface area contributed by atoms with Crippen molar-refractivity contribution in [2.24, 2.45) is 0 Å². The Bertz CT molecular complexity index is 871. The van der Waals surface area contributed by atoms with E-state index in [9.17, 15) is 22.8 Å². The molecule has 0 radical (unpaired) electrons. The summed E-state index contributed by atoms with van der Waals surface area (Å²) in [6, 6.07) is 9.88. The third-order valence-corrected chi connectivity index (χ3v) is 4.84. The van der Waals surface area contributed by atoms with Gasteiger partial charge in [0.1, 0.15) is 5.75 Å². The van der Waals surface area contributed by atoms with Gasteiger partial charge in [-0.05, 0) is 48.7 Å². The number of hydrogen-bond acceptors (Lipinski definition) is 3. The molecule has 9 heteroatoms. The molecule has 0 saturated heterocycles. The van der Waals surface area contributed by atoms with Gasteiger partial charge >= 0.3 is 18.6 Å². The maximum absolute atomic E-state index is 12.8. The Labute approximate surface area is 192 Å². The van der Waals surface area contributed by atoms with Gasteiger partial charge in [0.05, 0.1) is 12.7 Å². The molecule has 2 amide bonds. The van der Waals surface area contributed by atoms with Crippen LogP contribution in [0.15, 0.2) is 42.5 Å². The van der Waals surface area contributed by atoms with E-state index in [1.165, 1.54) is 48.9 Å². The van der Waals surface area contributed by atoms with Crippen LogP contribution < -0.4 is 15.4 Å². The van der Waals surface area contributed by atoms with Gasteiger partial charge in [-0.2, -0.15) is 8.78 Å². The van der Waals surface area contributed by atoms with Gasteiger partial charge in [-0.15, -0.1) is 0 Å². The third-order valence-electron chi connectivity index (χ3n) is 4.84. The number of hydrogen-bond donors (Lipinski definition) is 3. The molecule has 2 aromatic carbocycles. The molecule has 2 aromatic rings. The monoisotopic (exact) mass is 468 g/mol. The highest BCUT2D eigenvalue weighted by atomic mass is 19.3. The van der Waals surface area contributed by atoms with Crippen LogP contribution in [0.3, 0.4) is 0 Å². The van der Waals surface area contributed by atoms with Crippen molar-refractivity contribution >= 4 is 17.7 Å². The number of aromatic carboxylic acids is 1. The van der Waals surface area contributed by atoms with Gasteiger partial charge in [0, 0.05) is 17.3 Å². The molecule has 6 nitrogen and oxygen atoms in total. The summed E-state index contributed by atoms with van der Waals surface area (Å²) in [5.41, 5.74) is 1.29. The second-order valence-corrected chi connectivity index (χ2v) is 6.91. The number of carboxylic acid groups (broad SMARTS) is 1. The fourth-order valence-electron chi connectivity index (χ4n) is 3.42. The molecule has 1 fully saturated rings. The van der Waals surface area contributed by atoms with Crippen LogP contribution in [0.25, 0.3) is 11.1 Å². The van der Waals surface area contributed by atoms with Crippen molar-refractivity contribution in [1.29, 1.82) is 0 Å². The van der Waals surface area contributed by atoms with Gasteiger partial charge in [0.2, 0.25) is 0 Å². The number of urea groups is 1. The van der Waals surface area contributed by atoms with Crippen molar-refractivity contribution in [2.75, 3.05) is 12.5 Å². The topological polar surface area (TPSA) is 87.7 Å². The molecule has 182 valence electrons.